The van der Waals surface area contributed by atoms with E-state index in [1.807, 2.05) is 34.4 Å². The Bertz CT molecular complexity index is 796. The predicted octanol–water partition coefficient (Wildman–Crippen LogP) is 2.24. The van der Waals surface area contributed by atoms with Crippen molar-refractivity contribution in [1.82, 2.24) is 21.3 Å². The Morgan fingerprint density at radius 1 is 1.23 bits per heavy atom. The van der Waals surface area contributed by atoms with Crippen LogP contribution < -0.4 is 21.3 Å². The summed E-state index contributed by atoms with van der Waals surface area (Å²) in [5.41, 5.74) is 0.238. The fourth-order valence-electron chi connectivity index (χ4n) is 3.70. The van der Waals surface area contributed by atoms with Crippen LogP contribution in [0.25, 0.3) is 0 Å². The van der Waals surface area contributed by atoms with Crippen molar-refractivity contribution in [2.75, 3.05) is 25.4 Å². The summed E-state index contributed by atoms with van der Waals surface area (Å²) in [7, 11) is 0. The molecule has 0 bridgehead atoms. The Labute approximate surface area is 193 Å². The summed E-state index contributed by atoms with van der Waals surface area (Å²) in [6.45, 7) is 2.00. The van der Waals surface area contributed by atoms with E-state index in [4.69, 9.17) is 0 Å². The summed E-state index contributed by atoms with van der Waals surface area (Å²) in [6.07, 6.45) is 4.45. The van der Waals surface area contributed by atoms with Gasteiger partial charge in [0.15, 0.2) is 0 Å². The summed E-state index contributed by atoms with van der Waals surface area (Å²) < 4.78 is 0.506. The Morgan fingerprint density at radius 2 is 2.07 bits per heavy atom. The average Bonchev–Trinajstić information content (AvgIpc) is 3.26. The third-order valence-corrected chi connectivity index (χ3v) is 7.69. The van der Waals surface area contributed by atoms with Gasteiger partial charge in [0.2, 0.25) is 0 Å². The van der Waals surface area contributed by atoms with E-state index in [9.17, 15) is 19.7 Å². The molecule has 3 amide bonds. The normalized spacial score (nSPS) is 22.3. The maximum Gasteiger partial charge on any atom is 0.315 e. The number of rotatable bonds is 11. The lowest BCUT2D eigenvalue weighted by Gasteiger charge is -2.16. The number of urea groups is 1. The van der Waals surface area contributed by atoms with E-state index in [1.165, 1.54) is 6.07 Å². The van der Waals surface area contributed by atoms with Gasteiger partial charge in [-0.3, -0.25) is 14.9 Å². The number of halogens is 1. The molecule has 30 heavy (non-hydrogen) atoms. The maximum atomic E-state index is 12.1. The van der Waals surface area contributed by atoms with Gasteiger partial charge in [-0.25, -0.2) is 4.79 Å². The summed E-state index contributed by atoms with van der Waals surface area (Å²) in [6, 6.07) is 5.01. The number of unbranched alkanes of at least 4 members (excludes halogenated alkanes) is 2. The Hall–Kier alpha value is -1.60. The van der Waals surface area contributed by atoms with E-state index < -0.39 is 4.92 Å². The van der Waals surface area contributed by atoms with E-state index in [1.54, 1.807) is 12.1 Å². The number of carbonyl (C=O) groups excluding carboxylic acids is 2. The molecule has 1 aromatic rings. The molecule has 0 aliphatic carbocycles. The van der Waals surface area contributed by atoms with Crippen molar-refractivity contribution in [1.29, 1.82) is 0 Å². The molecule has 2 aliphatic rings. The van der Waals surface area contributed by atoms with Gasteiger partial charge in [-0.15, -0.1) is 0 Å². The number of fused-ring (bicyclic) bond motifs is 1. The number of amides is 3. The molecular formula is C19H26IN5O4S. The van der Waals surface area contributed by atoms with E-state index in [0.29, 0.717) is 27.5 Å². The first-order valence-electron chi connectivity index (χ1n) is 10.1. The molecule has 2 aliphatic heterocycles. The number of nitro groups is 1. The number of nitro benzene ring substituents is 1. The van der Waals surface area contributed by atoms with Gasteiger partial charge in [-0.05, 0) is 54.1 Å². The van der Waals surface area contributed by atoms with Crippen molar-refractivity contribution in [2.45, 2.75) is 43.0 Å². The molecule has 0 saturated carbocycles. The highest BCUT2D eigenvalue weighted by Crippen LogP contribution is 2.33. The van der Waals surface area contributed by atoms with Crippen LogP contribution in [0.5, 0.6) is 0 Å². The first-order valence-corrected chi connectivity index (χ1v) is 12.2. The zero-order valence-corrected chi connectivity index (χ0v) is 19.5. The van der Waals surface area contributed by atoms with Crippen molar-refractivity contribution >= 4 is 52.0 Å². The number of hydrogen-bond acceptors (Lipinski definition) is 6. The summed E-state index contributed by atoms with van der Waals surface area (Å²) in [5.74, 6) is 0.689. The lowest BCUT2D eigenvalue weighted by atomic mass is 10.0. The van der Waals surface area contributed by atoms with Crippen molar-refractivity contribution < 1.29 is 14.5 Å². The van der Waals surface area contributed by atoms with Crippen molar-refractivity contribution in [3.05, 3.63) is 37.4 Å². The van der Waals surface area contributed by atoms with Crippen molar-refractivity contribution in [2.24, 2.45) is 0 Å². The van der Waals surface area contributed by atoms with E-state index >= 15 is 0 Å². The molecule has 9 nitrogen and oxygen atoms in total. The molecule has 0 unspecified atom stereocenters. The lowest BCUT2D eigenvalue weighted by Crippen LogP contribution is -2.36. The minimum Gasteiger partial charge on any atom is -0.351 e. The lowest BCUT2D eigenvalue weighted by molar-refractivity contribution is -0.385. The number of nitrogens with one attached hydrogen (secondary N) is 4. The number of hydrogen-bond donors (Lipinski definition) is 4. The Balaban J connectivity index is 1.22. The molecule has 2 fully saturated rings. The molecular weight excluding hydrogens is 521 g/mol. The average molecular weight is 547 g/mol. The standard InChI is InChI=1S/C19H26IN5O4S/c20-13-6-5-12(10-15(13)25(28)29)18(26)22-9-8-21-7-3-1-2-4-16-17-14(11-30-16)23-19(27)24-17/h5-6,10,14,16-17,21H,1-4,7-9,11H2,(H,22,26)(H2,23,24,27)/t14-,16-,17-/m0/s1. The number of thioether (sulfide) groups is 1. The Morgan fingerprint density at radius 3 is 2.87 bits per heavy atom. The second-order valence-corrected chi connectivity index (χ2v) is 9.83. The molecule has 0 aromatic heterocycles. The highest BCUT2D eigenvalue weighted by molar-refractivity contribution is 14.1. The molecule has 0 spiro atoms. The van der Waals surface area contributed by atoms with Crippen LogP contribution in [0.2, 0.25) is 0 Å². The third kappa shape index (κ3) is 6.20. The minimum absolute atomic E-state index is 0.0353. The zero-order valence-electron chi connectivity index (χ0n) is 16.5. The molecule has 164 valence electrons. The van der Waals surface area contributed by atoms with Crippen LogP contribution in [0.3, 0.4) is 0 Å². The molecule has 0 radical (unpaired) electrons. The van der Waals surface area contributed by atoms with Gasteiger partial charge in [-0.2, -0.15) is 11.8 Å². The zero-order chi connectivity index (χ0) is 21.5. The van der Waals surface area contributed by atoms with Crippen LogP contribution in [0.15, 0.2) is 18.2 Å². The van der Waals surface area contributed by atoms with Gasteiger partial charge < -0.3 is 21.3 Å². The van der Waals surface area contributed by atoms with Gasteiger partial charge >= 0.3 is 6.03 Å². The summed E-state index contributed by atoms with van der Waals surface area (Å²) in [4.78, 5) is 34.0. The van der Waals surface area contributed by atoms with Gasteiger partial charge in [0.05, 0.1) is 20.6 Å². The second-order valence-electron chi connectivity index (χ2n) is 7.40. The van der Waals surface area contributed by atoms with Crippen LogP contribution in [0, 0.1) is 13.7 Å². The van der Waals surface area contributed by atoms with E-state index in [-0.39, 0.29) is 29.7 Å². The number of benzene rings is 1. The van der Waals surface area contributed by atoms with Crippen LogP contribution >= 0.6 is 34.4 Å². The van der Waals surface area contributed by atoms with Crippen LogP contribution in [-0.4, -0.2) is 59.6 Å². The monoisotopic (exact) mass is 547 g/mol. The van der Waals surface area contributed by atoms with Gasteiger partial charge in [-0.1, -0.05) is 12.8 Å². The molecule has 2 saturated heterocycles. The van der Waals surface area contributed by atoms with Gasteiger partial charge in [0.25, 0.3) is 11.6 Å². The second kappa shape index (κ2) is 11.1. The number of carbonyl (C=O) groups is 2. The van der Waals surface area contributed by atoms with Crippen LogP contribution in [0.4, 0.5) is 10.5 Å². The fraction of sp³-hybridized carbons (Fsp3) is 0.579. The number of nitrogens with zero attached hydrogens (tertiary/aromatic N) is 1. The first kappa shape index (κ1) is 23.1. The topological polar surface area (TPSA) is 125 Å². The van der Waals surface area contributed by atoms with Crippen LogP contribution in [-0.2, 0) is 0 Å². The summed E-state index contributed by atoms with van der Waals surface area (Å²) in [5, 5.41) is 23.6. The van der Waals surface area contributed by atoms with Crippen molar-refractivity contribution in [3.63, 3.8) is 0 Å². The van der Waals surface area contributed by atoms with Crippen LogP contribution in [0.1, 0.15) is 36.0 Å². The molecule has 11 heteroatoms. The largest absolute Gasteiger partial charge is 0.351 e. The van der Waals surface area contributed by atoms with E-state index in [2.05, 4.69) is 21.3 Å². The first-order chi connectivity index (χ1) is 14.5. The SMILES string of the molecule is O=C1N[C@H]2[C@H](CS[C@H]2CCCCCNCCNC(=O)c2ccc(I)c([N+](=O)[O-])c2)N1. The maximum absolute atomic E-state index is 12.1. The molecule has 4 N–H and O–H groups in total. The van der Waals surface area contributed by atoms with Gasteiger partial charge in [0.1, 0.15) is 0 Å². The smallest absolute Gasteiger partial charge is 0.315 e. The Kier molecular flexibility index (Phi) is 8.57. The summed E-state index contributed by atoms with van der Waals surface area (Å²) >= 11 is 3.83. The predicted molar refractivity (Wildman–Crippen MR) is 125 cm³/mol. The minimum atomic E-state index is -0.482. The van der Waals surface area contributed by atoms with Gasteiger partial charge in [0, 0.05) is 35.7 Å². The van der Waals surface area contributed by atoms with E-state index in [0.717, 1.165) is 38.0 Å². The molecule has 2 heterocycles. The molecule has 3 rings (SSSR count). The fourth-order valence-corrected chi connectivity index (χ4v) is 5.78. The highest BCUT2D eigenvalue weighted by atomic mass is 127. The van der Waals surface area contributed by atoms with Crippen molar-refractivity contribution in [3.8, 4) is 0 Å². The third-order valence-electron chi connectivity index (χ3n) is 5.27. The highest BCUT2D eigenvalue weighted by Gasteiger charge is 2.42. The molecule has 3 atom stereocenters. The quantitative estimate of drug-likeness (QED) is 0.111. The molecule has 1 aromatic carbocycles.